The van der Waals surface area contributed by atoms with Gasteiger partial charge in [-0.15, -0.1) is 0 Å². The summed E-state index contributed by atoms with van der Waals surface area (Å²) in [5.74, 6) is 1.67. The summed E-state index contributed by atoms with van der Waals surface area (Å²) in [6, 6.07) is 0.517. The van der Waals surface area contributed by atoms with E-state index < -0.39 is 0 Å². The summed E-state index contributed by atoms with van der Waals surface area (Å²) in [5.41, 5.74) is 0. The third kappa shape index (κ3) is 2.87. The van der Waals surface area contributed by atoms with Crippen LogP contribution in [0.15, 0.2) is 10.8 Å². The van der Waals surface area contributed by atoms with Crippen molar-refractivity contribution in [3.8, 4) is 0 Å². The predicted molar refractivity (Wildman–Crippen MR) is 71.3 cm³/mol. The molecule has 1 aromatic heterocycles. The van der Waals surface area contributed by atoms with Gasteiger partial charge in [-0.05, 0) is 35.7 Å². The fourth-order valence-electron chi connectivity index (χ4n) is 1.81. The van der Waals surface area contributed by atoms with Gasteiger partial charge in [0.15, 0.2) is 0 Å². The highest BCUT2D eigenvalue weighted by molar-refractivity contribution is 9.10. The highest BCUT2D eigenvalue weighted by Gasteiger charge is 2.31. The molecule has 0 aliphatic heterocycles. The van der Waals surface area contributed by atoms with Crippen LogP contribution >= 0.6 is 15.9 Å². The first-order chi connectivity index (χ1) is 8.27. The van der Waals surface area contributed by atoms with E-state index in [0.29, 0.717) is 12.6 Å². The van der Waals surface area contributed by atoms with Crippen LogP contribution in [0.5, 0.6) is 0 Å². The number of hydrogen-bond acceptors (Lipinski definition) is 5. The maximum absolute atomic E-state index is 9.12. The number of rotatable bonds is 6. The number of halogens is 1. The average molecular weight is 301 g/mol. The minimum atomic E-state index is 0.142. The Morgan fingerprint density at radius 3 is 2.88 bits per heavy atom. The largest absolute Gasteiger partial charge is 0.395 e. The smallest absolute Gasteiger partial charge is 0.148 e. The summed E-state index contributed by atoms with van der Waals surface area (Å²) in [6.45, 7) is 3.61. The van der Waals surface area contributed by atoms with E-state index in [-0.39, 0.29) is 6.61 Å². The Hall–Kier alpha value is -0.880. The van der Waals surface area contributed by atoms with Crippen LogP contribution in [0.2, 0.25) is 0 Å². The van der Waals surface area contributed by atoms with Gasteiger partial charge in [0.05, 0.1) is 6.61 Å². The Morgan fingerprint density at radius 1 is 1.53 bits per heavy atom. The van der Waals surface area contributed by atoms with Crippen molar-refractivity contribution in [2.24, 2.45) is 0 Å². The first-order valence-corrected chi connectivity index (χ1v) is 6.69. The van der Waals surface area contributed by atoms with Crippen molar-refractivity contribution in [2.75, 3.05) is 29.9 Å². The maximum Gasteiger partial charge on any atom is 0.148 e. The zero-order valence-electron chi connectivity index (χ0n) is 9.86. The molecule has 17 heavy (non-hydrogen) atoms. The van der Waals surface area contributed by atoms with Crippen LogP contribution in [0.4, 0.5) is 11.6 Å². The fourth-order valence-corrected chi connectivity index (χ4v) is 2.38. The molecule has 5 nitrogen and oxygen atoms in total. The van der Waals surface area contributed by atoms with Crippen LogP contribution in [-0.2, 0) is 0 Å². The Labute approximate surface area is 109 Å². The SMILES string of the molecule is CCNc1ncnc(N(CCO)C2CC2)c1Br. The zero-order chi connectivity index (χ0) is 12.3. The summed E-state index contributed by atoms with van der Waals surface area (Å²) < 4.78 is 0.877. The quantitative estimate of drug-likeness (QED) is 0.836. The van der Waals surface area contributed by atoms with Crippen LogP contribution in [0.25, 0.3) is 0 Å². The minimum Gasteiger partial charge on any atom is -0.395 e. The number of nitrogens with one attached hydrogen (secondary N) is 1. The minimum absolute atomic E-state index is 0.142. The third-order valence-electron chi connectivity index (χ3n) is 2.72. The van der Waals surface area contributed by atoms with Crippen LogP contribution in [0.1, 0.15) is 19.8 Å². The molecule has 0 unspecified atom stereocenters. The van der Waals surface area contributed by atoms with E-state index in [1.807, 2.05) is 6.92 Å². The molecule has 1 saturated carbocycles. The molecule has 0 aromatic carbocycles. The van der Waals surface area contributed by atoms with Gasteiger partial charge in [-0.25, -0.2) is 9.97 Å². The van der Waals surface area contributed by atoms with Crippen molar-refractivity contribution in [3.05, 3.63) is 10.8 Å². The highest BCUT2D eigenvalue weighted by atomic mass is 79.9. The van der Waals surface area contributed by atoms with Crippen LogP contribution in [0, 0.1) is 0 Å². The van der Waals surface area contributed by atoms with E-state index in [4.69, 9.17) is 5.11 Å². The Bertz CT molecular complexity index is 384. The van der Waals surface area contributed by atoms with Crippen molar-refractivity contribution < 1.29 is 5.11 Å². The number of hydrogen-bond donors (Lipinski definition) is 2. The standard InChI is InChI=1S/C11H17BrN4O/c1-2-13-10-9(12)11(15-7-14-10)16(5-6-17)8-3-4-8/h7-8,17H,2-6H2,1H3,(H,13,14,15). The third-order valence-corrected chi connectivity index (χ3v) is 3.45. The zero-order valence-corrected chi connectivity index (χ0v) is 11.4. The molecular weight excluding hydrogens is 284 g/mol. The number of anilines is 2. The molecule has 6 heteroatoms. The topological polar surface area (TPSA) is 61.3 Å². The molecule has 0 amide bonds. The lowest BCUT2D eigenvalue weighted by atomic mass is 10.4. The summed E-state index contributed by atoms with van der Waals surface area (Å²) >= 11 is 3.54. The molecule has 2 N–H and O–H groups in total. The first-order valence-electron chi connectivity index (χ1n) is 5.89. The van der Waals surface area contributed by atoms with Gasteiger partial charge >= 0.3 is 0 Å². The van der Waals surface area contributed by atoms with Gasteiger partial charge in [-0.3, -0.25) is 0 Å². The van der Waals surface area contributed by atoms with Crippen LogP contribution in [0.3, 0.4) is 0 Å². The van der Waals surface area contributed by atoms with Gasteiger partial charge in [0.2, 0.25) is 0 Å². The predicted octanol–water partition coefficient (Wildman–Crippen LogP) is 1.63. The maximum atomic E-state index is 9.12. The number of aromatic nitrogens is 2. The number of aliphatic hydroxyl groups excluding tert-OH is 1. The lowest BCUT2D eigenvalue weighted by Crippen LogP contribution is -2.30. The van der Waals surface area contributed by atoms with Gasteiger partial charge in [0, 0.05) is 19.1 Å². The molecule has 0 saturated heterocycles. The molecule has 1 aliphatic rings. The number of aliphatic hydroxyl groups is 1. The summed E-state index contributed by atoms with van der Waals surface area (Å²) in [7, 11) is 0. The molecule has 94 valence electrons. The number of nitrogens with zero attached hydrogens (tertiary/aromatic N) is 3. The molecular formula is C11H17BrN4O. The van der Waals surface area contributed by atoms with Crippen molar-refractivity contribution >= 4 is 27.6 Å². The van der Waals surface area contributed by atoms with E-state index in [2.05, 4.69) is 36.1 Å². The second-order valence-corrected chi connectivity index (χ2v) is 4.83. The van der Waals surface area contributed by atoms with Crippen LogP contribution < -0.4 is 10.2 Å². The Balaban J connectivity index is 2.25. The molecule has 1 heterocycles. The Morgan fingerprint density at radius 2 is 2.29 bits per heavy atom. The molecule has 0 atom stereocenters. The molecule has 0 bridgehead atoms. The lowest BCUT2D eigenvalue weighted by molar-refractivity contribution is 0.301. The van der Waals surface area contributed by atoms with Crippen molar-refractivity contribution in [1.82, 2.24) is 9.97 Å². The normalized spacial score (nSPS) is 14.8. The highest BCUT2D eigenvalue weighted by Crippen LogP contribution is 2.36. The molecule has 0 radical (unpaired) electrons. The summed E-state index contributed by atoms with van der Waals surface area (Å²) in [6.07, 6.45) is 3.91. The Kier molecular flexibility index (Phi) is 4.17. The summed E-state index contributed by atoms with van der Waals surface area (Å²) in [5, 5.41) is 12.3. The molecule has 1 fully saturated rings. The van der Waals surface area contributed by atoms with Crippen LogP contribution in [-0.4, -0.2) is 40.8 Å². The van der Waals surface area contributed by atoms with E-state index in [9.17, 15) is 0 Å². The lowest BCUT2D eigenvalue weighted by Gasteiger charge is -2.24. The average Bonchev–Trinajstić information content (AvgIpc) is 3.14. The van der Waals surface area contributed by atoms with Crippen molar-refractivity contribution in [2.45, 2.75) is 25.8 Å². The van der Waals surface area contributed by atoms with Gasteiger partial charge < -0.3 is 15.3 Å². The monoisotopic (exact) mass is 300 g/mol. The van der Waals surface area contributed by atoms with Crippen molar-refractivity contribution in [3.63, 3.8) is 0 Å². The van der Waals surface area contributed by atoms with E-state index >= 15 is 0 Å². The van der Waals surface area contributed by atoms with Gasteiger partial charge in [-0.2, -0.15) is 0 Å². The second kappa shape index (κ2) is 5.64. The molecule has 2 rings (SSSR count). The van der Waals surface area contributed by atoms with Gasteiger partial charge in [0.25, 0.3) is 0 Å². The van der Waals surface area contributed by atoms with E-state index in [0.717, 1.165) is 22.7 Å². The molecule has 0 spiro atoms. The van der Waals surface area contributed by atoms with Crippen molar-refractivity contribution in [1.29, 1.82) is 0 Å². The van der Waals surface area contributed by atoms with Gasteiger partial charge in [-0.1, -0.05) is 0 Å². The summed E-state index contributed by atoms with van der Waals surface area (Å²) in [4.78, 5) is 10.7. The second-order valence-electron chi connectivity index (χ2n) is 4.04. The first kappa shape index (κ1) is 12.6. The van der Waals surface area contributed by atoms with E-state index in [1.54, 1.807) is 6.33 Å². The fraction of sp³-hybridized carbons (Fsp3) is 0.636. The molecule has 1 aliphatic carbocycles. The molecule has 1 aromatic rings. The van der Waals surface area contributed by atoms with E-state index in [1.165, 1.54) is 12.8 Å². The van der Waals surface area contributed by atoms with Gasteiger partial charge in [0.1, 0.15) is 22.4 Å².